The van der Waals surface area contributed by atoms with Gasteiger partial charge in [0.2, 0.25) is 5.91 Å². The summed E-state index contributed by atoms with van der Waals surface area (Å²) in [5.41, 5.74) is -0.525. The first-order valence-electron chi connectivity index (χ1n) is 5.29. The molecule has 2 unspecified atom stereocenters. The molecular formula is C11H11N3OS. The van der Waals surface area contributed by atoms with Crippen LogP contribution in [0.1, 0.15) is 25.7 Å². The van der Waals surface area contributed by atoms with Crippen molar-refractivity contribution >= 4 is 23.1 Å². The Kier molecular flexibility index (Phi) is 2.65. The Morgan fingerprint density at radius 3 is 2.31 bits per heavy atom. The van der Waals surface area contributed by atoms with Crippen molar-refractivity contribution in [2.24, 2.45) is 17.3 Å². The van der Waals surface area contributed by atoms with Crippen LogP contribution in [0, 0.1) is 39.9 Å². The van der Waals surface area contributed by atoms with E-state index in [-0.39, 0.29) is 5.91 Å². The zero-order chi connectivity index (χ0) is 11.8. The summed E-state index contributed by atoms with van der Waals surface area (Å²) in [7, 11) is 0. The molecule has 1 saturated carbocycles. The zero-order valence-corrected chi connectivity index (χ0v) is 9.51. The summed E-state index contributed by atoms with van der Waals surface area (Å²) in [4.78, 5) is 12.0. The summed E-state index contributed by atoms with van der Waals surface area (Å²) in [6.45, 7) is 0. The predicted molar refractivity (Wildman–Crippen MR) is 59.8 cm³/mol. The number of piperidine rings is 1. The van der Waals surface area contributed by atoms with Gasteiger partial charge in [0, 0.05) is 5.41 Å². The fraction of sp³-hybridized carbons (Fsp3) is 0.636. The molecule has 0 aromatic carbocycles. The van der Waals surface area contributed by atoms with Gasteiger partial charge in [-0.25, -0.2) is 0 Å². The lowest BCUT2D eigenvalue weighted by atomic mass is 9.63. The highest BCUT2D eigenvalue weighted by atomic mass is 32.1. The van der Waals surface area contributed by atoms with Gasteiger partial charge in [-0.05, 0) is 12.8 Å². The molecule has 1 saturated heterocycles. The molecule has 0 bridgehead atoms. The second-order valence-corrected chi connectivity index (χ2v) is 4.86. The summed E-state index contributed by atoms with van der Waals surface area (Å²) in [5, 5.41) is 20.8. The van der Waals surface area contributed by atoms with E-state index >= 15 is 0 Å². The number of hydrogen-bond acceptors (Lipinski definition) is 4. The van der Waals surface area contributed by atoms with Crippen LogP contribution < -0.4 is 5.32 Å². The Morgan fingerprint density at radius 1 is 1.25 bits per heavy atom. The highest BCUT2D eigenvalue weighted by Gasteiger charge is 2.55. The van der Waals surface area contributed by atoms with Crippen LogP contribution in [-0.4, -0.2) is 10.9 Å². The van der Waals surface area contributed by atoms with Crippen LogP contribution >= 0.6 is 12.2 Å². The largest absolute Gasteiger partial charge is 0.318 e. The third-order valence-electron chi connectivity index (χ3n) is 3.71. The minimum atomic E-state index is -0.730. The van der Waals surface area contributed by atoms with E-state index in [0.717, 1.165) is 25.7 Å². The van der Waals surface area contributed by atoms with Gasteiger partial charge in [-0.2, -0.15) is 10.5 Å². The van der Waals surface area contributed by atoms with Crippen LogP contribution in [0.25, 0.3) is 0 Å². The molecule has 82 valence electrons. The van der Waals surface area contributed by atoms with Gasteiger partial charge in [0.15, 0.2) is 0 Å². The summed E-state index contributed by atoms with van der Waals surface area (Å²) < 4.78 is 0. The highest BCUT2D eigenvalue weighted by Crippen LogP contribution is 2.51. The Balaban J connectivity index is 2.48. The second-order valence-electron chi connectivity index (χ2n) is 4.42. The van der Waals surface area contributed by atoms with Crippen molar-refractivity contribution < 1.29 is 4.79 Å². The minimum absolute atomic E-state index is 0.293. The number of nitriles is 2. The van der Waals surface area contributed by atoms with E-state index in [9.17, 15) is 10.1 Å². The fourth-order valence-corrected chi connectivity index (χ4v) is 3.33. The predicted octanol–water partition coefficient (Wildman–Crippen LogP) is 1.28. The number of carbonyl (C=O) groups is 1. The lowest BCUT2D eigenvalue weighted by molar-refractivity contribution is -0.127. The molecule has 0 radical (unpaired) electrons. The van der Waals surface area contributed by atoms with Gasteiger partial charge in [0.25, 0.3) is 0 Å². The molecule has 2 aliphatic rings. The van der Waals surface area contributed by atoms with E-state index in [2.05, 4.69) is 11.4 Å². The van der Waals surface area contributed by atoms with E-state index in [1.165, 1.54) is 0 Å². The number of hydrogen-bond donors (Lipinski definition) is 1. The molecule has 1 spiro atoms. The van der Waals surface area contributed by atoms with Gasteiger partial charge in [0.1, 0.15) is 11.8 Å². The molecule has 4 nitrogen and oxygen atoms in total. The van der Waals surface area contributed by atoms with Crippen molar-refractivity contribution in [3.8, 4) is 12.1 Å². The Bertz CT molecular complexity index is 391. The summed E-state index contributed by atoms with van der Waals surface area (Å²) in [5.74, 6) is -1.56. The first kappa shape index (κ1) is 11.0. The zero-order valence-electron chi connectivity index (χ0n) is 8.69. The first-order valence-corrected chi connectivity index (χ1v) is 5.70. The molecule has 0 aromatic heterocycles. The maximum Gasteiger partial charge on any atom is 0.242 e. The van der Waals surface area contributed by atoms with Crippen molar-refractivity contribution in [2.45, 2.75) is 25.7 Å². The summed E-state index contributed by atoms with van der Waals surface area (Å²) in [6.07, 6.45) is 3.42. The van der Waals surface area contributed by atoms with Gasteiger partial charge in [-0.3, -0.25) is 4.79 Å². The van der Waals surface area contributed by atoms with E-state index in [4.69, 9.17) is 17.5 Å². The molecule has 2 fully saturated rings. The molecule has 2 rings (SSSR count). The van der Waals surface area contributed by atoms with E-state index in [1.54, 1.807) is 0 Å². The van der Waals surface area contributed by atoms with Crippen molar-refractivity contribution in [1.82, 2.24) is 5.32 Å². The maximum absolute atomic E-state index is 11.7. The van der Waals surface area contributed by atoms with Crippen molar-refractivity contribution in [3.05, 3.63) is 0 Å². The smallest absolute Gasteiger partial charge is 0.242 e. The third kappa shape index (κ3) is 1.32. The Hall–Kier alpha value is -1.46. The van der Waals surface area contributed by atoms with Gasteiger partial charge >= 0.3 is 0 Å². The average Bonchev–Trinajstić information content (AvgIpc) is 2.68. The lowest BCUT2D eigenvalue weighted by Crippen LogP contribution is -2.55. The molecule has 16 heavy (non-hydrogen) atoms. The second kappa shape index (κ2) is 3.84. The van der Waals surface area contributed by atoms with E-state index in [1.807, 2.05) is 6.07 Å². The molecule has 1 amide bonds. The normalized spacial score (nSPS) is 31.9. The molecule has 1 heterocycles. The van der Waals surface area contributed by atoms with Gasteiger partial charge in [0.05, 0.1) is 17.1 Å². The lowest BCUT2D eigenvalue weighted by Gasteiger charge is -2.40. The van der Waals surface area contributed by atoms with E-state index in [0.29, 0.717) is 4.99 Å². The number of thiocarbonyl (C=S) groups is 1. The summed E-state index contributed by atoms with van der Waals surface area (Å²) in [6, 6.07) is 4.21. The van der Waals surface area contributed by atoms with Crippen LogP contribution in [0.5, 0.6) is 0 Å². The van der Waals surface area contributed by atoms with Crippen molar-refractivity contribution in [3.63, 3.8) is 0 Å². The average molecular weight is 233 g/mol. The fourth-order valence-electron chi connectivity index (χ4n) is 2.94. The number of carbonyl (C=O) groups excluding carboxylic acids is 1. The monoisotopic (exact) mass is 233 g/mol. The van der Waals surface area contributed by atoms with Crippen LogP contribution in [0.3, 0.4) is 0 Å². The quantitative estimate of drug-likeness (QED) is 0.639. The minimum Gasteiger partial charge on any atom is -0.318 e. The highest BCUT2D eigenvalue weighted by molar-refractivity contribution is 7.80. The molecule has 2 atom stereocenters. The van der Waals surface area contributed by atoms with Gasteiger partial charge in [-0.15, -0.1) is 0 Å². The van der Waals surface area contributed by atoms with Crippen molar-refractivity contribution in [2.75, 3.05) is 0 Å². The molecule has 5 heteroatoms. The Labute approximate surface area is 99.2 Å². The first-order chi connectivity index (χ1) is 7.65. The van der Waals surface area contributed by atoms with Gasteiger partial charge < -0.3 is 5.32 Å². The van der Waals surface area contributed by atoms with E-state index < -0.39 is 17.3 Å². The topological polar surface area (TPSA) is 76.7 Å². The standard InChI is InChI=1S/C11H11N3OS/c12-5-7-9(15)14-10(16)8(6-13)11(7)3-1-2-4-11/h7-8H,1-4H2,(H,14,15,16). The Morgan fingerprint density at radius 2 is 1.81 bits per heavy atom. The van der Waals surface area contributed by atoms with Crippen LogP contribution in [-0.2, 0) is 4.79 Å². The van der Waals surface area contributed by atoms with Gasteiger partial charge in [-0.1, -0.05) is 25.1 Å². The molecule has 0 aromatic rings. The summed E-state index contributed by atoms with van der Waals surface area (Å²) >= 11 is 5.05. The third-order valence-corrected chi connectivity index (χ3v) is 4.05. The SMILES string of the molecule is N#CC1C(=O)NC(=S)C(C#N)C12CCCC2. The van der Waals surface area contributed by atoms with Crippen LogP contribution in [0.15, 0.2) is 0 Å². The molecule has 1 N–H and O–H groups in total. The van der Waals surface area contributed by atoms with Crippen LogP contribution in [0.2, 0.25) is 0 Å². The molecule has 1 aliphatic carbocycles. The molecular weight excluding hydrogens is 222 g/mol. The van der Waals surface area contributed by atoms with Crippen LogP contribution in [0.4, 0.5) is 0 Å². The number of nitrogens with one attached hydrogen (secondary N) is 1. The number of nitrogens with zero attached hydrogens (tertiary/aromatic N) is 2. The number of rotatable bonds is 0. The maximum atomic E-state index is 11.7. The van der Waals surface area contributed by atoms with Crippen molar-refractivity contribution in [1.29, 1.82) is 10.5 Å². The number of amides is 1. The molecule has 1 aliphatic heterocycles.